The lowest BCUT2D eigenvalue weighted by molar-refractivity contribution is 0.0697. The van der Waals surface area contributed by atoms with Crippen LogP contribution in [0.15, 0.2) is 28.9 Å². The van der Waals surface area contributed by atoms with Crippen LogP contribution in [0.2, 0.25) is 0 Å². The van der Waals surface area contributed by atoms with E-state index in [0.29, 0.717) is 29.0 Å². The molecule has 2 aliphatic heterocycles. The zero-order valence-corrected chi connectivity index (χ0v) is 13.3. The van der Waals surface area contributed by atoms with Gasteiger partial charge in [0.05, 0.1) is 6.20 Å². The second-order valence-electron chi connectivity index (χ2n) is 6.29. The number of fused-ring (bicyclic) bond motifs is 1. The zero-order chi connectivity index (χ0) is 16.7. The van der Waals surface area contributed by atoms with Crippen molar-refractivity contribution in [3.8, 4) is 17.4 Å². The van der Waals surface area contributed by atoms with Gasteiger partial charge < -0.3 is 14.6 Å². The lowest BCUT2D eigenvalue weighted by Gasteiger charge is -2.21. The van der Waals surface area contributed by atoms with Crippen LogP contribution in [-0.4, -0.2) is 45.9 Å². The Morgan fingerprint density at radius 3 is 3.21 bits per heavy atom. The maximum Gasteiger partial charge on any atom is 0.310 e. The third kappa shape index (κ3) is 2.36. The van der Waals surface area contributed by atoms with Crippen LogP contribution in [0.5, 0.6) is 0 Å². The number of nitriles is 1. The van der Waals surface area contributed by atoms with Crippen LogP contribution in [0.1, 0.15) is 29.7 Å². The molecule has 1 N–H and O–H groups in total. The molecule has 4 rings (SSSR count). The van der Waals surface area contributed by atoms with E-state index in [1.54, 1.807) is 12.1 Å². The Hall–Kier alpha value is -2.72. The molecule has 7 nitrogen and oxygen atoms in total. The molecule has 7 heteroatoms. The molecule has 0 aliphatic carbocycles. The molecular formula is C17H17N5O2. The molecule has 0 aromatic carbocycles. The summed E-state index contributed by atoms with van der Waals surface area (Å²) in [6, 6.07) is 5.98. The van der Waals surface area contributed by atoms with Crippen molar-refractivity contribution in [2.45, 2.75) is 25.4 Å². The number of amides is 1. The summed E-state index contributed by atoms with van der Waals surface area (Å²) in [5.74, 6) is 0.896. The van der Waals surface area contributed by atoms with Gasteiger partial charge in [-0.25, -0.2) is 9.97 Å². The average Bonchev–Trinajstić information content (AvgIpc) is 3.32. The van der Waals surface area contributed by atoms with E-state index in [2.05, 4.69) is 22.2 Å². The Morgan fingerprint density at radius 1 is 1.50 bits per heavy atom. The fourth-order valence-electron chi connectivity index (χ4n) is 3.71. The second-order valence-corrected chi connectivity index (χ2v) is 6.29. The smallest absolute Gasteiger partial charge is 0.310 e. The highest BCUT2D eigenvalue weighted by atomic mass is 16.4. The molecular weight excluding hydrogens is 306 g/mol. The fraction of sp³-hybridized carbons (Fsp3) is 0.412. The molecule has 1 amide bonds. The Kier molecular flexibility index (Phi) is 3.54. The summed E-state index contributed by atoms with van der Waals surface area (Å²) in [5, 5.41) is 12.3. The van der Waals surface area contributed by atoms with Crippen molar-refractivity contribution in [2.75, 3.05) is 13.1 Å². The first-order chi connectivity index (χ1) is 11.7. The number of rotatable bonds is 2. The molecule has 0 spiro atoms. The number of nitrogens with zero attached hydrogens (tertiary/aromatic N) is 4. The Balaban J connectivity index is 1.57. The minimum absolute atomic E-state index is 0.0977. The van der Waals surface area contributed by atoms with Crippen molar-refractivity contribution in [3.05, 3.63) is 36.1 Å². The number of oxazole rings is 1. The monoisotopic (exact) mass is 323 g/mol. The Morgan fingerprint density at radius 2 is 2.38 bits per heavy atom. The number of carbonyl (C=O) groups is 1. The van der Waals surface area contributed by atoms with E-state index < -0.39 is 0 Å². The van der Waals surface area contributed by atoms with Gasteiger partial charge in [-0.15, -0.1) is 0 Å². The quantitative estimate of drug-likeness (QED) is 0.898. The summed E-state index contributed by atoms with van der Waals surface area (Å²) < 4.78 is 5.66. The third-order valence-corrected chi connectivity index (χ3v) is 5.00. The van der Waals surface area contributed by atoms with Gasteiger partial charge in [0, 0.05) is 36.9 Å². The molecule has 122 valence electrons. The average molecular weight is 323 g/mol. The molecule has 0 bridgehead atoms. The Labute approximate surface area is 139 Å². The topological polar surface area (TPSA) is 95.0 Å². The molecule has 0 unspecified atom stereocenters. The highest BCUT2D eigenvalue weighted by Crippen LogP contribution is 2.32. The Bertz CT molecular complexity index is 824. The van der Waals surface area contributed by atoms with Crippen LogP contribution in [-0.2, 0) is 0 Å². The summed E-state index contributed by atoms with van der Waals surface area (Å²) in [6.45, 7) is 3.73. The van der Waals surface area contributed by atoms with Gasteiger partial charge in [0.25, 0.3) is 5.89 Å². The predicted molar refractivity (Wildman–Crippen MR) is 84.8 cm³/mol. The lowest BCUT2D eigenvalue weighted by Crippen LogP contribution is -2.39. The van der Waals surface area contributed by atoms with Crippen molar-refractivity contribution in [3.63, 3.8) is 0 Å². The molecule has 3 atom stereocenters. The molecule has 2 saturated heterocycles. The first-order valence-corrected chi connectivity index (χ1v) is 8.04. The van der Waals surface area contributed by atoms with Crippen LogP contribution in [0.3, 0.4) is 0 Å². The molecule has 4 heterocycles. The van der Waals surface area contributed by atoms with Crippen LogP contribution in [0.25, 0.3) is 11.3 Å². The van der Waals surface area contributed by atoms with Crippen molar-refractivity contribution >= 4 is 5.91 Å². The van der Waals surface area contributed by atoms with Crippen molar-refractivity contribution in [1.29, 1.82) is 5.26 Å². The van der Waals surface area contributed by atoms with E-state index in [-0.39, 0.29) is 17.8 Å². The molecule has 24 heavy (non-hydrogen) atoms. The maximum absolute atomic E-state index is 12.7. The van der Waals surface area contributed by atoms with Crippen molar-refractivity contribution in [2.24, 2.45) is 5.92 Å². The maximum atomic E-state index is 12.7. The van der Waals surface area contributed by atoms with E-state index in [0.717, 1.165) is 19.5 Å². The number of hydrogen-bond donors (Lipinski definition) is 1. The normalized spacial score (nSPS) is 25.5. The van der Waals surface area contributed by atoms with Gasteiger partial charge in [0.2, 0.25) is 0 Å². The van der Waals surface area contributed by atoms with Crippen LogP contribution >= 0.6 is 0 Å². The molecule has 2 aliphatic rings. The molecule has 2 aromatic rings. The van der Waals surface area contributed by atoms with E-state index in [4.69, 9.17) is 9.68 Å². The van der Waals surface area contributed by atoms with Gasteiger partial charge in [0.1, 0.15) is 11.8 Å². The summed E-state index contributed by atoms with van der Waals surface area (Å²) >= 11 is 0. The highest BCUT2D eigenvalue weighted by molar-refractivity contribution is 5.90. The standard InChI is InChI=1S/C17H17N5O2/c1-10-13-3-5-22(14(13)8-20-10)17(23)16-21-9-15(24-16)11-2-4-19-12(6-11)7-18/h2,4,6,9-10,13-14,20H,3,5,8H2,1H3/t10-,13-,14+/m1/s1. The number of hydrogen-bond acceptors (Lipinski definition) is 6. The fourth-order valence-corrected chi connectivity index (χ4v) is 3.71. The predicted octanol–water partition coefficient (Wildman–Crippen LogP) is 1.43. The molecule has 2 aromatic heterocycles. The molecule has 2 fully saturated rings. The summed E-state index contributed by atoms with van der Waals surface area (Å²) in [7, 11) is 0. The van der Waals surface area contributed by atoms with E-state index in [1.165, 1.54) is 12.4 Å². The largest absolute Gasteiger partial charge is 0.432 e. The van der Waals surface area contributed by atoms with Crippen molar-refractivity contribution < 1.29 is 9.21 Å². The summed E-state index contributed by atoms with van der Waals surface area (Å²) in [5.41, 5.74) is 0.980. The minimum Gasteiger partial charge on any atom is -0.432 e. The van der Waals surface area contributed by atoms with Gasteiger partial charge in [-0.2, -0.15) is 5.26 Å². The summed E-state index contributed by atoms with van der Waals surface area (Å²) in [4.78, 5) is 22.7. The van der Waals surface area contributed by atoms with Gasteiger partial charge in [-0.05, 0) is 31.4 Å². The van der Waals surface area contributed by atoms with E-state index in [9.17, 15) is 4.79 Å². The van der Waals surface area contributed by atoms with Crippen molar-refractivity contribution in [1.82, 2.24) is 20.2 Å². The highest BCUT2D eigenvalue weighted by Gasteiger charge is 2.44. The zero-order valence-electron chi connectivity index (χ0n) is 13.3. The SMILES string of the molecule is C[C@H]1NC[C@H]2[C@@H]1CCN2C(=O)c1ncc(-c2ccnc(C#N)c2)o1. The van der Waals surface area contributed by atoms with Gasteiger partial charge in [-0.3, -0.25) is 4.79 Å². The third-order valence-electron chi connectivity index (χ3n) is 5.00. The number of nitrogens with one attached hydrogen (secondary N) is 1. The van der Waals surface area contributed by atoms with Crippen LogP contribution < -0.4 is 5.32 Å². The van der Waals surface area contributed by atoms with Gasteiger partial charge in [-0.1, -0.05) is 0 Å². The van der Waals surface area contributed by atoms with E-state index in [1.807, 2.05) is 11.0 Å². The van der Waals surface area contributed by atoms with Gasteiger partial charge in [0.15, 0.2) is 5.76 Å². The second kappa shape index (κ2) is 5.73. The lowest BCUT2D eigenvalue weighted by atomic mass is 9.98. The molecule has 0 radical (unpaired) electrons. The first kappa shape index (κ1) is 14.8. The number of carbonyl (C=O) groups excluding carboxylic acids is 1. The van der Waals surface area contributed by atoms with Gasteiger partial charge >= 0.3 is 5.91 Å². The first-order valence-electron chi connectivity index (χ1n) is 8.04. The summed E-state index contributed by atoms with van der Waals surface area (Å²) in [6.07, 6.45) is 4.06. The number of aromatic nitrogens is 2. The minimum atomic E-state index is -0.167. The number of pyridine rings is 1. The van der Waals surface area contributed by atoms with Crippen LogP contribution in [0.4, 0.5) is 0 Å². The molecule has 0 saturated carbocycles. The van der Waals surface area contributed by atoms with E-state index >= 15 is 0 Å². The van der Waals surface area contributed by atoms with Crippen LogP contribution in [0, 0.1) is 17.2 Å². The number of likely N-dealkylation sites (tertiary alicyclic amines) is 1.